The lowest BCUT2D eigenvalue weighted by atomic mass is 10.1. The van der Waals surface area contributed by atoms with Crippen molar-refractivity contribution in [3.63, 3.8) is 0 Å². The van der Waals surface area contributed by atoms with E-state index in [0.29, 0.717) is 18.3 Å². The molecule has 1 fully saturated rings. The Hall–Kier alpha value is -2.12. The molecule has 2 amide bonds. The number of carbonyl (C=O) groups excluding carboxylic acids is 2. The van der Waals surface area contributed by atoms with Crippen LogP contribution in [0.3, 0.4) is 0 Å². The van der Waals surface area contributed by atoms with Crippen LogP contribution in [-0.4, -0.2) is 65.8 Å². The molecule has 0 saturated carbocycles. The van der Waals surface area contributed by atoms with Gasteiger partial charge in [-0.1, -0.05) is 35.5 Å². The number of hydrogen-bond donors (Lipinski definition) is 1. The Morgan fingerprint density at radius 1 is 1.39 bits per heavy atom. The van der Waals surface area contributed by atoms with Crippen molar-refractivity contribution in [2.75, 3.05) is 33.7 Å². The van der Waals surface area contributed by atoms with Gasteiger partial charge in [-0.3, -0.25) is 14.5 Å². The monoisotopic (exact) mass is 402 g/mol. The van der Waals surface area contributed by atoms with E-state index in [2.05, 4.69) is 22.9 Å². The molecule has 0 aromatic heterocycles. The van der Waals surface area contributed by atoms with Gasteiger partial charge in [-0.25, -0.2) is 4.99 Å². The molecule has 0 bridgehead atoms. The summed E-state index contributed by atoms with van der Waals surface area (Å²) in [5.41, 5.74) is 3.06. The molecule has 2 rings (SSSR count). The number of aryl methyl sites for hydroxylation is 2. The first kappa shape index (κ1) is 22.2. The fourth-order valence-electron chi connectivity index (χ4n) is 2.92. The predicted octanol–water partition coefficient (Wildman–Crippen LogP) is 2.88. The van der Waals surface area contributed by atoms with Crippen LogP contribution in [0.25, 0.3) is 0 Å². The maximum absolute atomic E-state index is 12.8. The summed E-state index contributed by atoms with van der Waals surface area (Å²) in [6.07, 6.45) is 2.72. The molecule has 28 heavy (non-hydrogen) atoms. The van der Waals surface area contributed by atoms with E-state index in [9.17, 15) is 9.59 Å². The van der Waals surface area contributed by atoms with Gasteiger partial charge in [0.15, 0.2) is 5.17 Å². The second kappa shape index (κ2) is 10.4. The molecular formula is C21H30N4O2S. The maximum Gasteiger partial charge on any atom is 0.242 e. The number of rotatable bonds is 9. The third-order valence-electron chi connectivity index (χ3n) is 4.38. The number of thioether (sulfide) groups is 1. The Bertz CT molecular complexity index is 761. The molecule has 7 heteroatoms. The van der Waals surface area contributed by atoms with Gasteiger partial charge in [0.05, 0.1) is 5.69 Å². The number of amides is 2. The summed E-state index contributed by atoms with van der Waals surface area (Å²) in [5.74, 6) is -0.187. The Morgan fingerprint density at radius 2 is 2.14 bits per heavy atom. The standard InChI is InChI=1S/C21H30N4O2S/c1-6-11-25-20(27)18(14-19(26)22-10-7-12-24(4)5)28-21(25)23-17-9-8-15(2)13-16(17)3/h6,8-9,13,18H,1,7,10-12,14H2,2-5H3,(H,22,26). The number of amidine groups is 1. The topological polar surface area (TPSA) is 65.0 Å². The number of nitrogens with one attached hydrogen (secondary N) is 1. The number of carbonyl (C=O) groups is 2. The smallest absolute Gasteiger partial charge is 0.242 e. The van der Waals surface area contributed by atoms with Gasteiger partial charge in [0.2, 0.25) is 11.8 Å². The first-order chi connectivity index (χ1) is 13.3. The lowest BCUT2D eigenvalue weighted by molar-refractivity contribution is -0.129. The Morgan fingerprint density at radius 3 is 2.79 bits per heavy atom. The van der Waals surface area contributed by atoms with Gasteiger partial charge in [-0.15, -0.1) is 6.58 Å². The van der Waals surface area contributed by atoms with Crippen LogP contribution >= 0.6 is 11.8 Å². The van der Waals surface area contributed by atoms with Crippen LogP contribution in [0.1, 0.15) is 24.0 Å². The molecule has 1 heterocycles. The van der Waals surface area contributed by atoms with Gasteiger partial charge < -0.3 is 10.2 Å². The fraction of sp³-hybridized carbons (Fsp3) is 0.476. The summed E-state index contributed by atoms with van der Waals surface area (Å²) in [7, 11) is 4.00. The number of benzene rings is 1. The molecule has 1 aliphatic rings. The SMILES string of the molecule is C=CCN1C(=O)C(CC(=O)NCCCN(C)C)SC1=Nc1ccc(C)cc1C. The lowest BCUT2D eigenvalue weighted by Crippen LogP contribution is -2.35. The van der Waals surface area contributed by atoms with Crippen molar-refractivity contribution >= 4 is 34.4 Å². The molecule has 1 saturated heterocycles. The minimum atomic E-state index is -0.446. The molecule has 1 aromatic carbocycles. The molecule has 1 atom stereocenters. The predicted molar refractivity (Wildman–Crippen MR) is 117 cm³/mol. The number of nitrogens with zero attached hydrogens (tertiary/aromatic N) is 3. The van der Waals surface area contributed by atoms with Crippen molar-refractivity contribution in [3.05, 3.63) is 42.0 Å². The van der Waals surface area contributed by atoms with Crippen LogP contribution in [0.2, 0.25) is 0 Å². The Labute approximate surface area is 172 Å². The normalized spacial score (nSPS) is 18.2. The van der Waals surface area contributed by atoms with Crippen molar-refractivity contribution in [2.45, 2.75) is 31.9 Å². The number of aliphatic imine (C=N–C) groups is 1. The summed E-state index contributed by atoms with van der Waals surface area (Å²) >= 11 is 1.36. The van der Waals surface area contributed by atoms with Gasteiger partial charge in [0, 0.05) is 19.5 Å². The molecular weight excluding hydrogens is 372 g/mol. The average Bonchev–Trinajstić information content (AvgIpc) is 2.90. The van der Waals surface area contributed by atoms with Gasteiger partial charge in [-0.2, -0.15) is 0 Å². The van der Waals surface area contributed by atoms with E-state index < -0.39 is 5.25 Å². The molecule has 1 aromatic rings. The molecule has 1 aliphatic heterocycles. The van der Waals surface area contributed by atoms with E-state index in [-0.39, 0.29) is 18.2 Å². The van der Waals surface area contributed by atoms with E-state index >= 15 is 0 Å². The van der Waals surface area contributed by atoms with E-state index in [1.807, 2.05) is 40.1 Å². The summed E-state index contributed by atoms with van der Waals surface area (Å²) in [4.78, 5) is 33.4. The van der Waals surface area contributed by atoms with E-state index in [1.54, 1.807) is 11.0 Å². The second-order valence-corrected chi connectivity index (χ2v) is 8.41. The van der Waals surface area contributed by atoms with Crippen LogP contribution in [0.15, 0.2) is 35.8 Å². The first-order valence-corrected chi connectivity index (χ1v) is 10.4. The minimum absolute atomic E-state index is 0.0862. The van der Waals surface area contributed by atoms with E-state index in [4.69, 9.17) is 4.99 Å². The first-order valence-electron chi connectivity index (χ1n) is 9.48. The van der Waals surface area contributed by atoms with Crippen LogP contribution in [0.5, 0.6) is 0 Å². The number of hydrogen-bond acceptors (Lipinski definition) is 5. The van der Waals surface area contributed by atoms with Crippen molar-refractivity contribution in [1.29, 1.82) is 0 Å². The van der Waals surface area contributed by atoms with E-state index in [0.717, 1.165) is 24.2 Å². The molecule has 1 N–H and O–H groups in total. The fourth-order valence-corrected chi connectivity index (χ4v) is 4.08. The van der Waals surface area contributed by atoms with Crippen LogP contribution in [0, 0.1) is 13.8 Å². The van der Waals surface area contributed by atoms with Gasteiger partial charge >= 0.3 is 0 Å². The molecule has 1 unspecified atom stereocenters. The average molecular weight is 403 g/mol. The molecule has 0 aliphatic carbocycles. The highest BCUT2D eigenvalue weighted by Crippen LogP contribution is 2.32. The third-order valence-corrected chi connectivity index (χ3v) is 5.55. The highest BCUT2D eigenvalue weighted by Gasteiger charge is 2.38. The van der Waals surface area contributed by atoms with Crippen molar-refractivity contribution in [1.82, 2.24) is 15.1 Å². The Kier molecular flexibility index (Phi) is 8.26. The highest BCUT2D eigenvalue weighted by atomic mass is 32.2. The Balaban J connectivity index is 2.05. The van der Waals surface area contributed by atoms with Crippen LogP contribution in [-0.2, 0) is 9.59 Å². The minimum Gasteiger partial charge on any atom is -0.356 e. The zero-order valence-electron chi connectivity index (χ0n) is 17.2. The van der Waals surface area contributed by atoms with Crippen molar-refractivity contribution in [2.24, 2.45) is 4.99 Å². The quantitative estimate of drug-likeness (QED) is 0.510. The lowest BCUT2D eigenvalue weighted by Gasteiger charge is -2.14. The van der Waals surface area contributed by atoms with Crippen molar-refractivity contribution < 1.29 is 9.59 Å². The summed E-state index contributed by atoms with van der Waals surface area (Å²) < 4.78 is 0. The summed E-state index contributed by atoms with van der Waals surface area (Å²) in [6, 6.07) is 6.03. The largest absolute Gasteiger partial charge is 0.356 e. The second-order valence-electron chi connectivity index (χ2n) is 7.24. The molecule has 152 valence electrons. The van der Waals surface area contributed by atoms with Gasteiger partial charge in [0.25, 0.3) is 0 Å². The van der Waals surface area contributed by atoms with Gasteiger partial charge in [0.1, 0.15) is 5.25 Å². The van der Waals surface area contributed by atoms with E-state index in [1.165, 1.54) is 17.3 Å². The van der Waals surface area contributed by atoms with Crippen molar-refractivity contribution in [3.8, 4) is 0 Å². The molecule has 0 radical (unpaired) electrons. The maximum atomic E-state index is 12.8. The summed E-state index contributed by atoms with van der Waals surface area (Å²) in [5, 5.41) is 3.08. The van der Waals surface area contributed by atoms with Crippen LogP contribution in [0.4, 0.5) is 5.69 Å². The molecule has 0 spiro atoms. The summed E-state index contributed by atoms with van der Waals surface area (Å²) in [6.45, 7) is 9.69. The van der Waals surface area contributed by atoms with Crippen LogP contribution < -0.4 is 5.32 Å². The zero-order valence-corrected chi connectivity index (χ0v) is 18.0. The zero-order chi connectivity index (χ0) is 20.7. The van der Waals surface area contributed by atoms with Gasteiger partial charge in [-0.05, 0) is 52.5 Å². The molecule has 6 nitrogen and oxygen atoms in total. The third kappa shape index (κ3) is 6.21. The highest BCUT2D eigenvalue weighted by molar-refractivity contribution is 8.15.